The third-order valence-electron chi connectivity index (χ3n) is 4.08. The Morgan fingerprint density at radius 1 is 1.16 bits per heavy atom. The van der Waals surface area contributed by atoms with Crippen LogP contribution in [0.1, 0.15) is 46.5 Å². The van der Waals surface area contributed by atoms with E-state index in [-0.39, 0.29) is 39.2 Å². The number of likely N-dealkylation sites (tertiary alicyclic amines) is 1. The largest absolute Gasteiger partial charge is 0.465 e. The van der Waals surface area contributed by atoms with Crippen LogP contribution in [0.15, 0.2) is 0 Å². The van der Waals surface area contributed by atoms with Crippen LogP contribution in [0.4, 0.5) is 4.79 Å². The van der Waals surface area contributed by atoms with E-state index in [1.165, 1.54) is 4.90 Å². The molecule has 8 heteroatoms. The fourth-order valence-electron chi connectivity index (χ4n) is 2.79. The Morgan fingerprint density at radius 2 is 1.84 bits per heavy atom. The van der Waals surface area contributed by atoms with Crippen molar-refractivity contribution in [3.05, 3.63) is 0 Å². The van der Waals surface area contributed by atoms with E-state index in [0.29, 0.717) is 6.42 Å². The number of hydrogen-bond acceptors (Lipinski definition) is 7. The van der Waals surface area contributed by atoms with Crippen molar-refractivity contribution < 1.29 is 28.6 Å². The fraction of sp³-hybridized carbons (Fsp3) is 0.765. The lowest BCUT2D eigenvalue weighted by Gasteiger charge is -2.24. The van der Waals surface area contributed by atoms with Crippen molar-refractivity contribution in [2.24, 2.45) is 5.41 Å². The Bertz CT molecular complexity index is 530. The molecule has 0 N–H and O–H groups in total. The summed E-state index contributed by atoms with van der Waals surface area (Å²) in [5, 5.41) is 9.13. The molecule has 1 aliphatic heterocycles. The Hall–Kier alpha value is -2.30. The Labute approximate surface area is 148 Å². The van der Waals surface area contributed by atoms with Crippen molar-refractivity contribution >= 4 is 18.0 Å². The van der Waals surface area contributed by atoms with Crippen molar-refractivity contribution in [1.29, 1.82) is 5.26 Å². The third-order valence-corrected chi connectivity index (χ3v) is 4.08. The Morgan fingerprint density at radius 3 is 2.40 bits per heavy atom. The number of rotatable bonds is 8. The second-order valence-electron chi connectivity index (χ2n) is 5.90. The highest BCUT2D eigenvalue weighted by atomic mass is 16.6. The predicted molar refractivity (Wildman–Crippen MR) is 87.3 cm³/mol. The number of esters is 2. The molecule has 0 spiro atoms. The first kappa shape index (κ1) is 20.7. The summed E-state index contributed by atoms with van der Waals surface area (Å²) in [6.07, 6.45) is 0.706. The van der Waals surface area contributed by atoms with E-state index >= 15 is 0 Å². The van der Waals surface area contributed by atoms with E-state index in [9.17, 15) is 14.4 Å². The maximum absolute atomic E-state index is 12.4. The van der Waals surface area contributed by atoms with Crippen LogP contribution in [0.3, 0.4) is 0 Å². The van der Waals surface area contributed by atoms with E-state index < -0.39 is 29.5 Å². The number of ether oxygens (including phenoxy) is 3. The van der Waals surface area contributed by atoms with Crippen molar-refractivity contribution in [1.82, 2.24) is 4.90 Å². The van der Waals surface area contributed by atoms with Crippen LogP contribution in [0.5, 0.6) is 0 Å². The van der Waals surface area contributed by atoms with Crippen molar-refractivity contribution in [3.8, 4) is 6.07 Å². The summed E-state index contributed by atoms with van der Waals surface area (Å²) in [5.41, 5.74) is -1.24. The molecule has 1 aliphatic rings. The second-order valence-corrected chi connectivity index (χ2v) is 5.90. The molecule has 1 fully saturated rings. The maximum Gasteiger partial charge on any atom is 0.410 e. The third kappa shape index (κ3) is 5.08. The fourth-order valence-corrected chi connectivity index (χ4v) is 2.79. The molecular formula is C17H26N2O6. The Kier molecular flexibility index (Phi) is 8.19. The summed E-state index contributed by atoms with van der Waals surface area (Å²) in [4.78, 5) is 38.2. The number of nitriles is 1. The molecule has 1 rings (SSSR count). The van der Waals surface area contributed by atoms with Gasteiger partial charge in [-0.05, 0) is 26.7 Å². The van der Waals surface area contributed by atoms with E-state index in [1.807, 2.05) is 13.0 Å². The van der Waals surface area contributed by atoms with Crippen LogP contribution in [0, 0.1) is 16.7 Å². The molecule has 1 heterocycles. The zero-order chi connectivity index (χ0) is 18.9. The average molecular weight is 354 g/mol. The second kappa shape index (κ2) is 9.87. The molecule has 0 aromatic rings. The lowest BCUT2D eigenvalue weighted by molar-refractivity contribution is -0.154. The summed E-state index contributed by atoms with van der Waals surface area (Å²) in [7, 11) is 0. The van der Waals surface area contributed by atoms with Crippen LogP contribution >= 0.6 is 0 Å². The molecule has 1 saturated heterocycles. The van der Waals surface area contributed by atoms with Crippen LogP contribution in [-0.2, 0) is 23.8 Å². The lowest BCUT2D eigenvalue weighted by atomic mass is 9.82. The van der Waals surface area contributed by atoms with Crippen molar-refractivity contribution in [2.75, 3.05) is 26.4 Å². The molecule has 0 saturated carbocycles. The molecule has 0 aromatic carbocycles. The van der Waals surface area contributed by atoms with Crippen LogP contribution in [0.2, 0.25) is 0 Å². The topological polar surface area (TPSA) is 106 Å². The van der Waals surface area contributed by atoms with Crippen molar-refractivity contribution in [2.45, 2.75) is 52.5 Å². The minimum absolute atomic E-state index is 0.0128. The van der Waals surface area contributed by atoms with Gasteiger partial charge in [-0.25, -0.2) is 9.59 Å². The number of unbranched alkanes of at least 4 members (excludes halogenated alkanes) is 1. The molecule has 140 valence electrons. The number of amides is 1. The predicted octanol–water partition coefficient (Wildman–Crippen LogP) is 2.02. The standard InChI is InChI=1S/C17H26N2O6/c1-4-7-10-25-16(22)19-12-17(8-9-18,15(21)24-6-3)11-13(19)14(20)23-5-2/h13H,4-8,10-12H2,1-3H3/t13-,17-/m0/s1. The van der Waals surface area contributed by atoms with Gasteiger partial charge in [-0.3, -0.25) is 9.69 Å². The van der Waals surface area contributed by atoms with Gasteiger partial charge in [-0.2, -0.15) is 5.26 Å². The van der Waals surface area contributed by atoms with Gasteiger partial charge in [0.1, 0.15) is 11.5 Å². The minimum atomic E-state index is -1.24. The summed E-state index contributed by atoms with van der Waals surface area (Å²) in [6.45, 7) is 5.70. The van der Waals surface area contributed by atoms with Gasteiger partial charge in [0.25, 0.3) is 0 Å². The molecule has 8 nitrogen and oxygen atoms in total. The van der Waals surface area contributed by atoms with E-state index in [2.05, 4.69) is 0 Å². The normalized spacial score (nSPS) is 22.2. The number of carbonyl (C=O) groups is 3. The van der Waals surface area contributed by atoms with Gasteiger partial charge in [-0.1, -0.05) is 13.3 Å². The molecule has 2 atom stereocenters. The number of carbonyl (C=O) groups excluding carboxylic acids is 3. The molecule has 0 aliphatic carbocycles. The molecule has 0 unspecified atom stereocenters. The van der Waals surface area contributed by atoms with Gasteiger partial charge < -0.3 is 14.2 Å². The molecule has 0 aromatic heterocycles. The first-order valence-corrected chi connectivity index (χ1v) is 8.59. The van der Waals surface area contributed by atoms with Crippen molar-refractivity contribution in [3.63, 3.8) is 0 Å². The van der Waals surface area contributed by atoms with Gasteiger partial charge in [0.15, 0.2) is 0 Å². The molecule has 1 amide bonds. The first-order chi connectivity index (χ1) is 12.0. The number of nitrogens with zero attached hydrogens (tertiary/aromatic N) is 2. The molecule has 0 radical (unpaired) electrons. The molecule has 0 bridgehead atoms. The Balaban J connectivity index is 3.05. The highest BCUT2D eigenvalue weighted by molar-refractivity contribution is 5.87. The van der Waals surface area contributed by atoms with Crippen LogP contribution < -0.4 is 0 Å². The summed E-state index contributed by atoms with van der Waals surface area (Å²) >= 11 is 0. The van der Waals surface area contributed by atoms with E-state index in [0.717, 1.165) is 6.42 Å². The summed E-state index contributed by atoms with van der Waals surface area (Å²) in [6, 6.07) is 0.995. The van der Waals surface area contributed by atoms with Gasteiger partial charge in [0.05, 0.1) is 32.3 Å². The maximum atomic E-state index is 12.4. The summed E-state index contributed by atoms with van der Waals surface area (Å²) in [5.74, 6) is -1.20. The van der Waals surface area contributed by atoms with Gasteiger partial charge >= 0.3 is 18.0 Å². The first-order valence-electron chi connectivity index (χ1n) is 8.59. The summed E-state index contributed by atoms with van der Waals surface area (Å²) < 4.78 is 15.3. The van der Waals surface area contributed by atoms with Gasteiger partial charge in [-0.15, -0.1) is 0 Å². The van der Waals surface area contributed by atoms with Crippen LogP contribution in [-0.4, -0.2) is 55.3 Å². The van der Waals surface area contributed by atoms with E-state index in [1.54, 1.807) is 13.8 Å². The van der Waals surface area contributed by atoms with Gasteiger partial charge in [0.2, 0.25) is 0 Å². The zero-order valence-corrected chi connectivity index (χ0v) is 15.1. The van der Waals surface area contributed by atoms with Gasteiger partial charge in [0, 0.05) is 6.54 Å². The highest BCUT2D eigenvalue weighted by Gasteiger charge is 2.55. The molecular weight excluding hydrogens is 328 g/mol. The zero-order valence-electron chi connectivity index (χ0n) is 15.1. The smallest absolute Gasteiger partial charge is 0.410 e. The average Bonchev–Trinajstić information content (AvgIpc) is 2.97. The highest BCUT2D eigenvalue weighted by Crippen LogP contribution is 2.40. The van der Waals surface area contributed by atoms with E-state index in [4.69, 9.17) is 19.5 Å². The SMILES string of the molecule is CCCCOC(=O)N1C[C@@](CC#N)(C(=O)OCC)C[C@H]1C(=O)OCC. The molecule has 25 heavy (non-hydrogen) atoms. The monoisotopic (exact) mass is 354 g/mol. The van der Waals surface area contributed by atoms with Crippen LogP contribution in [0.25, 0.3) is 0 Å². The quantitative estimate of drug-likeness (QED) is 0.373. The lowest BCUT2D eigenvalue weighted by Crippen LogP contribution is -2.42. The minimum Gasteiger partial charge on any atom is -0.465 e. The number of hydrogen-bond donors (Lipinski definition) is 0.